The molecule has 1 heterocycles. The fourth-order valence-corrected chi connectivity index (χ4v) is 2.40. The van der Waals surface area contributed by atoms with Gasteiger partial charge in [-0.15, -0.1) is 0 Å². The molecule has 1 atom stereocenters. The van der Waals surface area contributed by atoms with E-state index in [9.17, 15) is 9.59 Å². The summed E-state index contributed by atoms with van der Waals surface area (Å²) in [4.78, 5) is 24.8. The van der Waals surface area contributed by atoms with Crippen molar-refractivity contribution in [3.8, 4) is 0 Å². The molecule has 5 nitrogen and oxygen atoms in total. The highest BCUT2D eigenvalue weighted by atomic mass is 16.3. The van der Waals surface area contributed by atoms with E-state index in [-0.39, 0.29) is 24.3 Å². The number of aliphatic hydroxyl groups excluding tert-OH is 1. The molecule has 2 rings (SSSR count). The topological polar surface area (TPSA) is 69.6 Å². The summed E-state index contributed by atoms with van der Waals surface area (Å²) in [6, 6.07) is 7.29. The summed E-state index contributed by atoms with van der Waals surface area (Å²) in [6.07, 6.45) is 1.24. The first-order valence-corrected chi connectivity index (χ1v) is 6.83. The number of hydrogen-bond donors (Lipinski definition) is 2. The summed E-state index contributed by atoms with van der Waals surface area (Å²) in [6.45, 7) is 2.99. The summed E-state index contributed by atoms with van der Waals surface area (Å²) in [5, 5.41) is 11.8. The predicted octanol–water partition coefficient (Wildman–Crippen LogP) is 1.03. The summed E-state index contributed by atoms with van der Waals surface area (Å²) in [5.74, 6) is 0.204. The first kappa shape index (κ1) is 14.5. The highest BCUT2D eigenvalue weighted by Gasteiger charge is 2.25. The average Bonchev–Trinajstić information content (AvgIpc) is 2.89. The third kappa shape index (κ3) is 3.81. The Morgan fingerprint density at radius 2 is 2.05 bits per heavy atom. The van der Waals surface area contributed by atoms with Gasteiger partial charge in [0.2, 0.25) is 11.8 Å². The van der Waals surface area contributed by atoms with Crippen LogP contribution in [0.15, 0.2) is 24.3 Å². The van der Waals surface area contributed by atoms with E-state index in [0.717, 1.165) is 24.2 Å². The lowest BCUT2D eigenvalue weighted by Gasteiger charge is -2.16. The van der Waals surface area contributed by atoms with Crippen molar-refractivity contribution < 1.29 is 14.7 Å². The van der Waals surface area contributed by atoms with Gasteiger partial charge in [-0.1, -0.05) is 12.1 Å². The lowest BCUT2D eigenvalue weighted by Crippen LogP contribution is -2.30. The molecule has 1 aliphatic rings. The first-order valence-electron chi connectivity index (χ1n) is 6.83. The van der Waals surface area contributed by atoms with Gasteiger partial charge >= 0.3 is 0 Å². The van der Waals surface area contributed by atoms with Gasteiger partial charge in [0.05, 0.1) is 6.42 Å². The molecule has 2 amide bonds. The van der Waals surface area contributed by atoms with E-state index in [4.69, 9.17) is 5.11 Å². The quantitative estimate of drug-likeness (QED) is 0.863. The van der Waals surface area contributed by atoms with Crippen LogP contribution in [-0.4, -0.2) is 41.5 Å². The molecule has 1 unspecified atom stereocenters. The van der Waals surface area contributed by atoms with Crippen molar-refractivity contribution in [1.82, 2.24) is 4.90 Å². The maximum absolute atomic E-state index is 12.1. The highest BCUT2D eigenvalue weighted by Crippen LogP contribution is 2.17. The first-order chi connectivity index (χ1) is 9.58. The Hall–Kier alpha value is -1.88. The number of carbonyl (C=O) groups is 2. The second-order valence-corrected chi connectivity index (χ2v) is 5.23. The smallest absolute Gasteiger partial charge is 0.227 e. The number of anilines is 1. The molecule has 1 saturated heterocycles. The number of carbonyl (C=O) groups excluding carboxylic acids is 2. The second-order valence-electron chi connectivity index (χ2n) is 5.23. The Kier molecular flexibility index (Phi) is 4.74. The van der Waals surface area contributed by atoms with E-state index >= 15 is 0 Å². The van der Waals surface area contributed by atoms with E-state index < -0.39 is 0 Å². The SMILES string of the molecule is CC(=O)Nc1ccc(CC(=O)N2CCC(CO)C2)cc1. The third-order valence-electron chi connectivity index (χ3n) is 3.53. The van der Waals surface area contributed by atoms with E-state index in [0.29, 0.717) is 13.0 Å². The van der Waals surface area contributed by atoms with Gasteiger partial charge in [-0.25, -0.2) is 0 Å². The van der Waals surface area contributed by atoms with Gasteiger partial charge in [-0.3, -0.25) is 9.59 Å². The van der Waals surface area contributed by atoms with Gasteiger partial charge in [0.25, 0.3) is 0 Å². The van der Waals surface area contributed by atoms with Crippen LogP contribution in [0.4, 0.5) is 5.69 Å². The molecule has 2 N–H and O–H groups in total. The summed E-state index contributed by atoms with van der Waals surface area (Å²) in [7, 11) is 0. The van der Waals surface area contributed by atoms with E-state index in [1.165, 1.54) is 6.92 Å². The van der Waals surface area contributed by atoms with E-state index in [1.54, 1.807) is 12.1 Å². The van der Waals surface area contributed by atoms with Crippen LogP contribution < -0.4 is 5.32 Å². The molecule has 0 bridgehead atoms. The number of amides is 2. The van der Waals surface area contributed by atoms with Gasteiger partial charge in [0, 0.05) is 38.2 Å². The van der Waals surface area contributed by atoms with Gasteiger partial charge in [-0.2, -0.15) is 0 Å². The number of nitrogens with zero attached hydrogens (tertiary/aromatic N) is 1. The maximum Gasteiger partial charge on any atom is 0.227 e. The fourth-order valence-electron chi connectivity index (χ4n) is 2.40. The van der Waals surface area contributed by atoms with Crippen molar-refractivity contribution in [2.24, 2.45) is 5.92 Å². The van der Waals surface area contributed by atoms with Crippen molar-refractivity contribution in [1.29, 1.82) is 0 Å². The largest absolute Gasteiger partial charge is 0.396 e. The summed E-state index contributed by atoms with van der Waals surface area (Å²) in [5.41, 5.74) is 1.66. The van der Waals surface area contributed by atoms with Gasteiger partial charge in [0.1, 0.15) is 0 Å². The van der Waals surface area contributed by atoms with Crippen LogP contribution in [0.25, 0.3) is 0 Å². The molecule has 108 valence electrons. The molecule has 0 spiro atoms. The molecule has 1 aromatic carbocycles. The van der Waals surface area contributed by atoms with Crippen LogP contribution in [0.5, 0.6) is 0 Å². The molecular weight excluding hydrogens is 256 g/mol. The van der Waals surface area contributed by atoms with Gasteiger partial charge < -0.3 is 15.3 Å². The third-order valence-corrected chi connectivity index (χ3v) is 3.53. The number of likely N-dealkylation sites (tertiary alicyclic amines) is 1. The molecule has 20 heavy (non-hydrogen) atoms. The standard InChI is InChI=1S/C15H20N2O3/c1-11(19)16-14-4-2-12(3-5-14)8-15(20)17-7-6-13(9-17)10-18/h2-5,13,18H,6-10H2,1H3,(H,16,19). The monoisotopic (exact) mass is 276 g/mol. The number of nitrogens with one attached hydrogen (secondary N) is 1. The Balaban J connectivity index is 1.90. The molecule has 1 aliphatic heterocycles. The zero-order valence-electron chi connectivity index (χ0n) is 11.6. The Morgan fingerprint density at radius 1 is 1.35 bits per heavy atom. The lowest BCUT2D eigenvalue weighted by molar-refractivity contribution is -0.129. The molecule has 0 radical (unpaired) electrons. The molecule has 5 heteroatoms. The molecule has 0 saturated carbocycles. The van der Waals surface area contributed by atoms with Crippen LogP contribution >= 0.6 is 0 Å². The van der Waals surface area contributed by atoms with E-state index in [2.05, 4.69) is 5.32 Å². The average molecular weight is 276 g/mol. The Bertz CT molecular complexity index is 484. The van der Waals surface area contributed by atoms with Crippen LogP contribution in [0, 0.1) is 5.92 Å². The number of aliphatic hydroxyl groups is 1. The maximum atomic E-state index is 12.1. The summed E-state index contributed by atoms with van der Waals surface area (Å²) >= 11 is 0. The van der Waals surface area contributed by atoms with Gasteiger partial charge in [-0.05, 0) is 24.1 Å². The molecule has 0 aromatic heterocycles. The predicted molar refractivity (Wildman–Crippen MR) is 76.2 cm³/mol. The number of benzene rings is 1. The Morgan fingerprint density at radius 3 is 2.60 bits per heavy atom. The number of rotatable bonds is 4. The van der Waals surface area contributed by atoms with Crippen LogP contribution in [0.3, 0.4) is 0 Å². The van der Waals surface area contributed by atoms with Crippen molar-refractivity contribution in [2.45, 2.75) is 19.8 Å². The zero-order chi connectivity index (χ0) is 14.5. The molecule has 1 aromatic rings. The van der Waals surface area contributed by atoms with E-state index in [1.807, 2.05) is 17.0 Å². The normalized spacial score (nSPS) is 18.1. The Labute approximate surface area is 118 Å². The van der Waals surface area contributed by atoms with Crippen molar-refractivity contribution in [3.63, 3.8) is 0 Å². The lowest BCUT2D eigenvalue weighted by atomic mass is 10.1. The number of hydrogen-bond acceptors (Lipinski definition) is 3. The summed E-state index contributed by atoms with van der Waals surface area (Å²) < 4.78 is 0. The highest BCUT2D eigenvalue weighted by molar-refractivity contribution is 5.88. The van der Waals surface area contributed by atoms with Crippen molar-refractivity contribution in [3.05, 3.63) is 29.8 Å². The fraction of sp³-hybridized carbons (Fsp3) is 0.467. The van der Waals surface area contributed by atoms with Crippen LogP contribution in [-0.2, 0) is 16.0 Å². The molecule has 0 aliphatic carbocycles. The van der Waals surface area contributed by atoms with Crippen LogP contribution in [0.1, 0.15) is 18.9 Å². The van der Waals surface area contributed by atoms with Crippen molar-refractivity contribution in [2.75, 3.05) is 25.0 Å². The zero-order valence-corrected chi connectivity index (χ0v) is 11.6. The molecule has 1 fully saturated rings. The van der Waals surface area contributed by atoms with Crippen LogP contribution in [0.2, 0.25) is 0 Å². The van der Waals surface area contributed by atoms with Crippen molar-refractivity contribution >= 4 is 17.5 Å². The minimum absolute atomic E-state index is 0.0910. The molecular formula is C15H20N2O3. The minimum atomic E-state index is -0.110. The minimum Gasteiger partial charge on any atom is -0.396 e. The second kappa shape index (κ2) is 6.52. The van der Waals surface area contributed by atoms with Gasteiger partial charge in [0.15, 0.2) is 0 Å².